The Labute approximate surface area is 185 Å². The van der Waals surface area contributed by atoms with Crippen molar-refractivity contribution in [2.45, 2.75) is 25.3 Å². The van der Waals surface area contributed by atoms with E-state index in [1.807, 2.05) is 25.1 Å². The topological polar surface area (TPSA) is 67.5 Å². The number of hydrogen-bond donors (Lipinski definition) is 1. The zero-order chi connectivity index (χ0) is 21.9. The van der Waals surface area contributed by atoms with Gasteiger partial charge in [-0.1, -0.05) is 23.8 Å². The number of piperidine rings is 1. The van der Waals surface area contributed by atoms with Crippen LogP contribution in [0.2, 0.25) is 0 Å². The molecule has 2 aliphatic heterocycles. The largest absolute Gasteiger partial charge is 0.451 e. The fourth-order valence-electron chi connectivity index (χ4n) is 5.10. The van der Waals surface area contributed by atoms with Crippen molar-refractivity contribution < 1.29 is 9.21 Å². The Morgan fingerprint density at radius 2 is 1.84 bits per heavy atom. The van der Waals surface area contributed by atoms with Gasteiger partial charge in [-0.25, -0.2) is 0 Å². The minimum Gasteiger partial charge on any atom is -0.451 e. The van der Waals surface area contributed by atoms with E-state index in [1.54, 1.807) is 17.0 Å². The fraction of sp³-hybridized carbons (Fsp3) is 0.231. The lowest BCUT2D eigenvalue weighted by Gasteiger charge is -2.46. The van der Waals surface area contributed by atoms with Crippen LogP contribution in [0.4, 0.5) is 5.69 Å². The molecule has 6 heteroatoms. The van der Waals surface area contributed by atoms with Crippen molar-refractivity contribution in [2.24, 2.45) is 0 Å². The average Bonchev–Trinajstić information content (AvgIpc) is 3.31. The van der Waals surface area contributed by atoms with E-state index < -0.39 is 0 Å². The van der Waals surface area contributed by atoms with Gasteiger partial charge in [-0.05, 0) is 56.2 Å². The number of aryl methyl sites for hydroxylation is 1. The number of amides is 1. The maximum atomic E-state index is 13.2. The second kappa shape index (κ2) is 6.85. The van der Waals surface area contributed by atoms with Crippen LogP contribution in [0.3, 0.4) is 0 Å². The van der Waals surface area contributed by atoms with E-state index in [-0.39, 0.29) is 22.6 Å². The van der Waals surface area contributed by atoms with Crippen LogP contribution in [0.15, 0.2) is 76.1 Å². The van der Waals surface area contributed by atoms with Crippen LogP contribution in [0.25, 0.3) is 16.7 Å². The molecule has 160 valence electrons. The molecule has 1 spiro atoms. The highest BCUT2D eigenvalue weighted by atomic mass is 16.3. The molecule has 2 aliphatic rings. The minimum absolute atomic E-state index is 0.104. The summed E-state index contributed by atoms with van der Waals surface area (Å²) in [5.41, 5.74) is 4.48. The standard InChI is InChI=1S/C26H23N3O3/c1-17-8-9-22-18(15-17)21(30)16-23(32-22)25(31)28-13-10-26(11-14-28)24-7-4-12-29(24)20-6-3-2-5-19(20)27-26/h2-9,12,15-16,27H,10-11,13-14H2,1H3. The smallest absolute Gasteiger partial charge is 0.289 e. The summed E-state index contributed by atoms with van der Waals surface area (Å²) in [6.07, 6.45) is 3.64. The first-order valence-corrected chi connectivity index (χ1v) is 10.9. The Hall–Kier alpha value is -3.80. The van der Waals surface area contributed by atoms with Crippen LogP contribution < -0.4 is 10.7 Å². The van der Waals surface area contributed by atoms with Gasteiger partial charge in [0.15, 0.2) is 11.2 Å². The van der Waals surface area contributed by atoms with E-state index in [2.05, 4.69) is 40.3 Å². The van der Waals surface area contributed by atoms with Crippen LogP contribution in [-0.4, -0.2) is 28.5 Å². The number of nitrogens with one attached hydrogen (secondary N) is 1. The Bertz CT molecular complexity index is 1420. The van der Waals surface area contributed by atoms with Gasteiger partial charge in [0.25, 0.3) is 5.91 Å². The van der Waals surface area contributed by atoms with Gasteiger partial charge in [-0.15, -0.1) is 0 Å². The number of carbonyl (C=O) groups excluding carboxylic acids is 1. The summed E-state index contributed by atoms with van der Waals surface area (Å²) in [5.74, 6) is -0.126. The fourth-order valence-corrected chi connectivity index (χ4v) is 5.10. The second-order valence-electron chi connectivity index (χ2n) is 8.75. The number of rotatable bonds is 1. The van der Waals surface area contributed by atoms with E-state index in [0.29, 0.717) is 24.1 Å². The van der Waals surface area contributed by atoms with Gasteiger partial charge < -0.3 is 19.2 Å². The van der Waals surface area contributed by atoms with Crippen LogP contribution in [0, 0.1) is 6.92 Å². The third kappa shape index (κ3) is 2.79. The molecular weight excluding hydrogens is 402 g/mol. The van der Waals surface area contributed by atoms with Gasteiger partial charge in [-0.2, -0.15) is 0 Å². The van der Waals surface area contributed by atoms with Crippen LogP contribution >= 0.6 is 0 Å². The summed E-state index contributed by atoms with van der Waals surface area (Å²) >= 11 is 0. The van der Waals surface area contributed by atoms with Crippen molar-refractivity contribution in [3.8, 4) is 5.69 Å². The molecule has 0 saturated carbocycles. The number of anilines is 1. The van der Waals surface area contributed by atoms with E-state index in [0.717, 1.165) is 29.8 Å². The van der Waals surface area contributed by atoms with E-state index >= 15 is 0 Å². The van der Waals surface area contributed by atoms with Gasteiger partial charge in [-0.3, -0.25) is 9.59 Å². The molecule has 2 aromatic heterocycles. The first-order chi connectivity index (χ1) is 15.5. The number of aromatic nitrogens is 1. The molecule has 0 unspecified atom stereocenters. The van der Waals surface area contributed by atoms with Gasteiger partial charge in [0, 0.05) is 31.0 Å². The van der Waals surface area contributed by atoms with E-state index in [4.69, 9.17) is 4.42 Å². The number of nitrogens with zero attached hydrogens (tertiary/aromatic N) is 2. The lowest BCUT2D eigenvalue weighted by Crippen LogP contribution is -2.51. The maximum absolute atomic E-state index is 13.2. The van der Waals surface area contributed by atoms with Crippen LogP contribution in [0.1, 0.15) is 34.7 Å². The number of para-hydroxylation sites is 2. The van der Waals surface area contributed by atoms with Crippen LogP contribution in [0.5, 0.6) is 0 Å². The number of hydrogen-bond acceptors (Lipinski definition) is 4. The molecule has 1 fully saturated rings. The van der Waals surface area contributed by atoms with Gasteiger partial charge in [0.05, 0.1) is 22.3 Å². The number of benzene rings is 2. The highest BCUT2D eigenvalue weighted by Crippen LogP contribution is 2.43. The summed E-state index contributed by atoms with van der Waals surface area (Å²) in [7, 11) is 0. The normalized spacial score (nSPS) is 16.5. The summed E-state index contributed by atoms with van der Waals surface area (Å²) in [6.45, 7) is 3.08. The molecule has 6 nitrogen and oxygen atoms in total. The van der Waals surface area contributed by atoms with Gasteiger partial charge >= 0.3 is 0 Å². The average molecular weight is 425 g/mol. The lowest BCUT2D eigenvalue weighted by molar-refractivity contribution is 0.0645. The van der Waals surface area contributed by atoms with Crippen molar-refractivity contribution >= 4 is 22.6 Å². The Morgan fingerprint density at radius 3 is 2.69 bits per heavy atom. The molecule has 32 heavy (non-hydrogen) atoms. The molecule has 2 aromatic carbocycles. The maximum Gasteiger partial charge on any atom is 0.289 e. The lowest BCUT2D eigenvalue weighted by atomic mass is 9.82. The number of fused-ring (bicyclic) bond motifs is 5. The van der Waals surface area contributed by atoms with Crippen molar-refractivity contribution in [3.63, 3.8) is 0 Å². The predicted molar refractivity (Wildman–Crippen MR) is 123 cm³/mol. The van der Waals surface area contributed by atoms with E-state index in [9.17, 15) is 9.59 Å². The Morgan fingerprint density at radius 1 is 1.03 bits per heavy atom. The molecule has 6 rings (SSSR count). The summed E-state index contributed by atoms with van der Waals surface area (Å²) in [5, 5.41) is 4.26. The molecule has 1 saturated heterocycles. The molecular formula is C26H23N3O3. The molecule has 0 radical (unpaired) electrons. The van der Waals surface area contributed by atoms with Crippen molar-refractivity contribution in [1.29, 1.82) is 0 Å². The minimum atomic E-state index is -0.231. The summed E-state index contributed by atoms with van der Waals surface area (Å²) in [4.78, 5) is 27.5. The molecule has 1 amide bonds. The summed E-state index contributed by atoms with van der Waals surface area (Å²) < 4.78 is 8.07. The Balaban J connectivity index is 1.28. The van der Waals surface area contributed by atoms with Crippen LogP contribution in [-0.2, 0) is 5.54 Å². The monoisotopic (exact) mass is 425 g/mol. The molecule has 4 heterocycles. The predicted octanol–water partition coefficient (Wildman–Crippen LogP) is 4.45. The third-order valence-electron chi connectivity index (χ3n) is 6.77. The molecule has 1 N–H and O–H groups in total. The third-order valence-corrected chi connectivity index (χ3v) is 6.77. The first kappa shape index (κ1) is 18.9. The zero-order valence-electron chi connectivity index (χ0n) is 17.8. The van der Waals surface area contributed by atoms with Gasteiger partial charge in [0.1, 0.15) is 5.58 Å². The van der Waals surface area contributed by atoms with Gasteiger partial charge in [0.2, 0.25) is 0 Å². The van der Waals surface area contributed by atoms with Crippen molar-refractivity contribution in [3.05, 3.63) is 94.1 Å². The number of likely N-dealkylation sites (tertiary alicyclic amines) is 1. The SMILES string of the molecule is Cc1ccc2oc(C(=O)N3CCC4(CC3)Nc3ccccc3-n3cccc34)cc(=O)c2c1. The first-order valence-electron chi connectivity index (χ1n) is 10.9. The van der Waals surface area contributed by atoms with Crippen molar-refractivity contribution in [1.82, 2.24) is 9.47 Å². The quantitative estimate of drug-likeness (QED) is 0.489. The second-order valence-corrected chi connectivity index (χ2v) is 8.75. The Kier molecular flexibility index (Phi) is 4.05. The molecule has 0 aliphatic carbocycles. The highest BCUT2D eigenvalue weighted by molar-refractivity contribution is 5.93. The number of carbonyl (C=O) groups is 1. The van der Waals surface area contributed by atoms with E-state index in [1.165, 1.54) is 11.8 Å². The summed E-state index contributed by atoms with van der Waals surface area (Å²) in [6, 6.07) is 19.3. The molecule has 0 atom stereocenters. The zero-order valence-corrected chi connectivity index (χ0v) is 17.8. The molecule has 0 bridgehead atoms. The molecule has 4 aromatic rings. The van der Waals surface area contributed by atoms with Crippen molar-refractivity contribution in [2.75, 3.05) is 18.4 Å². The highest BCUT2D eigenvalue weighted by Gasteiger charge is 2.42.